The van der Waals surface area contributed by atoms with E-state index in [-0.39, 0.29) is 5.91 Å². The third-order valence-corrected chi connectivity index (χ3v) is 5.51. The van der Waals surface area contributed by atoms with Gasteiger partial charge in [0.1, 0.15) is 6.67 Å². The molecular weight excluding hydrogens is 324 g/mol. The van der Waals surface area contributed by atoms with E-state index >= 15 is 0 Å². The van der Waals surface area contributed by atoms with Gasteiger partial charge in [0, 0.05) is 36.2 Å². The highest BCUT2D eigenvalue weighted by molar-refractivity contribution is 6.06. The molecule has 3 aromatic rings. The summed E-state index contributed by atoms with van der Waals surface area (Å²) in [5.74, 6) is 0.129. The fraction of sp³-hybridized carbons (Fsp3) is 0.238. The van der Waals surface area contributed by atoms with Crippen molar-refractivity contribution in [3.63, 3.8) is 0 Å². The predicted octanol–water partition coefficient (Wildman–Crippen LogP) is 3.82. The van der Waals surface area contributed by atoms with Gasteiger partial charge in [-0.2, -0.15) is 0 Å². The van der Waals surface area contributed by atoms with E-state index in [0.717, 1.165) is 48.1 Å². The first-order chi connectivity index (χ1) is 12.8. The van der Waals surface area contributed by atoms with Crippen LogP contribution in [0, 0.1) is 6.67 Å². The Balaban J connectivity index is 1.30. The average Bonchev–Trinajstić information content (AvgIpc) is 3.32. The molecule has 1 aromatic heterocycles. The molecule has 26 heavy (non-hydrogen) atoms. The van der Waals surface area contributed by atoms with Gasteiger partial charge in [0.05, 0.1) is 16.9 Å². The van der Waals surface area contributed by atoms with Crippen LogP contribution in [0.25, 0.3) is 10.9 Å². The van der Waals surface area contributed by atoms with Crippen molar-refractivity contribution in [2.24, 2.45) is 0 Å². The van der Waals surface area contributed by atoms with Gasteiger partial charge in [-0.3, -0.25) is 4.79 Å². The van der Waals surface area contributed by atoms with Crippen molar-refractivity contribution < 1.29 is 4.79 Å². The fourth-order valence-corrected chi connectivity index (χ4v) is 4.10. The molecule has 0 bridgehead atoms. The van der Waals surface area contributed by atoms with E-state index in [0.29, 0.717) is 6.04 Å². The second-order valence-corrected chi connectivity index (χ2v) is 6.97. The lowest BCUT2D eigenvalue weighted by molar-refractivity contribution is 0.0716. The normalized spacial score (nSPS) is 17.4. The van der Waals surface area contributed by atoms with Gasteiger partial charge in [-0.15, -0.1) is 0 Å². The molecule has 5 heteroatoms. The number of para-hydroxylation sites is 3. The molecule has 2 N–H and O–H groups in total. The second-order valence-electron chi connectivity index (χ2n) is 6.97. The van der Waals surface area contributed by atoms with E-state index in [4.69, 9.17) is 0 Å². The lowest BCUT2D eigenvalue weighted by Gasteiger charge is -2.37. The van der Waals surface area contributed by atoms with Gasteiger partial charge in [0.15, 0.2) is 0 Å². The molecule has 0 spiro atoms. The van der Waals surface area contributed by atoms with E-state index < -0.39 is 0 Å². The molecule has 2 aromatic carbocycles. The third kappa shape index (κ3) is 2.43. The number of fused-ring (bicyclic) bond motifs is 2. The maximum atomic E-state index is 13.0. The van der Waals surface area contributed by atoms with Crippen molar-refractivity contribution in [2.45, 2.75) is 18.9 Å². The number of benzene rings is 2. The predicted molar refractivity (Wildman–Crippen MR) is 104 cm³/mol. The van der Waals surface area contributed by atoms with Gasteiger partial charge < -0.3 is 20.1 Å². The van der Waals surface area contributed by atoms with Gasteiger partial charge in [0.2, 0.25) is 0 Å². The Morgan fingerprint density at radius 1 is 1.00 bits per heavy atom. The summed E-state index contributed by atoms with van der Waals surface area (Å²) >= 11 is 0. The number of carbonyl (C=O) groups is 1. The van der Waals surface area contributed by atoms with Crippen LogP contribution in [-0.2, 0) is 0 Å². The average molecular weight is 345 g/mol. The van der Waals surface area contributed by atoms with E-state index in [1.54, 1.807) is 0 Å². The minimum absolute atomic E-state index is 0.129. The molecule has 5 rings (SSSR count). The number of amides is 1. The smallest absolute Gasteiger partial charge is 0.256 e. The van der Waals surface area contributed by atoms with Crippen LogP contribution in [-0.4, -0.2) is 34.9 Å². The lowest BCUT2D eigenvalue weighted by atomic mass is 10.0. The summed E-state index contributed by atoms with van der Waals surface area (Å²) in [5, 5.41) is 4.35. The number of H-pyrrole nitrogens is 1. The Morgan fingerprint density at radius 3 is 2.65 bits per heavy atom. The standard InChI is InChI=1S/C21H21N4O/c26-21(17-13-22-18-6-2-1-5-16(17)18)24-11-9-15(10-12-24)25-14-23-19-7-3-4-8-20(19)25/h1-8,13-15,22-23H,9-12H2. The van der Waals surface area contributed by atoms with Gasteiger partial charge >= 0.3 is 0 Å². The molecule has 2 aliphatic rings. The van der Waals surface area contributed by atoms with Crippen LogP contribution in [0.5, 0.6) is 0 Å². The highest BCUT2D eigenvalue weighted by atomic mass is 16.2. The number of likely N-dealkylation sites (tertiary alicyclic amines) is 1. The molecule has 1 radical (unpaired) electrons. The number of rotatable bonds is 2. The zero-order chi connectivity index (χ0) is 17.5. The Morgan fingerprint density at radius 2 is 1.77 bits per heavy atom. The first-order valence-electron chi connectivity index (χ1n) is 9.14. The minimum atomic E-state index is 0.129. The Labute approximate surface area is 152 Å². The van der Waals surface area contributed by atoms with E-state index in [2.05, 4.69) is 40.1 Å². The molecule has 1 fully saturated rings. The van der Waals surface area contributed by atoms with Gasteiger partial charge in [-0.05, 0) is 31.0 Å². The second kappa shape index (κ2) is 6.09. The summed E-state index contributed by atoms with van der Waals surface area (Å²) in [5.41, 5.74) is 4.18. The Hall–Kier alpha value is -2.95. The zero-order valence-electron chi connectivity index (χ0n) is 14.5. The number of aromatic amines is 1. The van der Waals surface area contributed by atoms with Crippen LogP contribution in [0.1, 0.15) is 23.2 Å². The SMILES string of the molecule is O=C(c1c[nH]c2ccccc12)N1CCC(N2[CH]Nc3ccccc32)CC1. The number of carbonyl (C=O) groups excluding carboxylic acids is 1. The Bertz CT molecular complexity index is 955. The van der Waals surface area contributed by atoms with E-state index in [9.17, 15) is 4.79 Å². The summed E-state index contributed by atoms with van der Waals surface area (Å²) in [6.45, 7) is 3.64. The quantitative estimate of drug-likeness (QED) is 0.742. The summed E-state index contributed by atoms with van der Waals surface area (Å²) < 4.78 is 0. The molecule has 0 atom stereocenters. The molecule has 2 aliphatic heterocycles. The van der Waals surface area contributed by atoms with Crippen molar-refractivity contribution in [1.29, 1.82) is 0 Å². The summed E-state index contributed by atoms with van der Waals surface area (Å²) in [7, 11) is 0. The van der Waals surface area contributed by atoms with Crippen molar-refractivity contribution in [2.75, 3.05) is 23.3 Å². The number of hydrogen-bond donors (Lipinski definition) is 2. The molecule has 0 saturated carbocycles. The summed E-state index contributed by atoms with van der Waals surface area (Å²) in [6, 6.07) is 16.8. The van der Waals surface area contributed by atoms with E-state index in [1.165, 1.54) is 5.69 Å². The van der Waals surface area contributed by atoms with Crippen molar-refractivity contribution >= 4 is 28.2 Å². The molecule has 131 valence electrons. The van der Waals surface area contributed by atoms with Crippen LogP contribution < -0.4 is 10.2 Å². The van der Waals surface area contributed by atoms with Gasteiger partial charge in [-0.1, -0.05) is 30.3 Å². The van der Waals surface area contributed by atoms with Crippen LogP contribution in [0.3, 0.4) is 0 Å². The minimum Gasteiger partial charge on any atom is -0.360 e. The molecule has 0 aliphatic carbocycles. The first-order valence-corrected chi connectivity index (χ1v) is 9.14. The van der Waals surface area contributed by atoms with Crippen LogP contribution in [0.2, 0.25) is 0 Å². The van der Waals surface area contributed by atoms with Crippen molar-refractivity contribution in [3.8, 4) is 0 Å². The van der Waals surface area contributed by atoms with Crippen LogP contribution in [0.4, 0.5) is 11.4 Å². The molecule has 1 amide bonds. The lowest BCUT2D eigenvalue weighted by Crippen LogP contribution is -2.45. The molecule has 0 unspecified atom stereocenters. The maximum Gasteiger partial charge on any atom is 0.256 e. The molecule has 1 saturated heterocycles. The summed E-state index contributed by atoms with van der Waals surface area (Å²) in [4.78, 5) is 20.5. The number of aromatic nitrogens is 1. The van der Waals surface area contributed by atoms with Crippen molar-refractivity contribution in [3.05, 3.63) is 67.0 Å². The monoisotopic (exact) mass is 345 g/mol. The highest BCUT2D eigenvalue weighted by Gasteiger charge is 2.31. The number of hydrogen-bond acceptors (Lipinski definition) is 3. The Kier molecular flexibility index (Phi) is 3.59. The molecular formula is C21H21N4O. The van der Waals surface area contributed by atoms with Crippen LogP contribution in [0.15, 0.2) is 54.7 Å². The van der Waals surface area contributed by atoms with Gasteiger partial charge in [0.25, 0.3) is 5.91 Å². The molecule has 5 nitrogen and oxygen atoms in total. The number of nitrogens with zero attached hydrogens (tertiary/aromatic N) is 2. The van der Waals surface area contributed by atoms with Crippen LogP contribution >= 0.6 is 0 Å². The summed E-state index contributed by atoms with van der Waals surface area (Å²) in [6.07, 6.45) is 3.79. The van der Waals surface area contributed by atoms with Gasteiger partial charge in [-0.25, -0.2) is 0 Å². The number of piperidine rings is 1. The number of nitrogens with one attached hydrogen (secondary N) is 2. The van der Waals surface area contributed by atoms with Crippen molar-refractivity contribution in [1.82, 2.24) is 9.88 Å². The molecule has 3 heterocycles. The number of anilines is 2. The maximum absolute atomic E-state index is 13.0. The largest absolute Gasteiger partial charge is 0.360 e. The first kappa shape index (κ1) is 15.3. The topological polar surface area (TPSA) is 51.4 Å². The zero-order valence-corrected chi connectivity index (χ0v) is 14.5. The highest BCUT2D eigenvalue weighted by Crippen LogP contribution is 2.36. The fourth-order valence-electron chi connectivity index (χ4n) is 4.10. The third-order valence-electron chi connectivity index (χ3n) is 5.51. The van der Waals surface area contributed by atoms with E-state index in [1.807, 2.05) is 41.4 Å².